The van der Waals surface area contributed by atoms with E-state index in [-0.39, 0.29) is 35.6 Å². The van der Waals surface area contributed by atoms with Gasteiger partial charge >= 0.3 is 0 Å². The van der Waals surface area contributed by atoms with Crippen molar-refractivity contribution in [1.82, 2.24) is 0 Å². The minimum atomic E-state index is -1.83. The van der Waals surface area contributed by atoms with Gasteiger partial charge in [-0.05, 0) is 12.1 Å². The SMILES string of the molecule is CC[PH](=O)Oc1ccccc1.[La]. The van der Waals surface area contributed by atoms with Crippen LogP contribution in [-0.4, -0.2) is 6.16 Å². The zero-order chi connectivity index (χ0) is 8.10. The molecular formula is C8H11LaO2P. The van der Waals surface area contributed by atoms with Crippen LogP contribution in [-0.2, 0) is 4.57 Å². The Hall–Kier alpha value is 0.445. The zero-order valence-electron chi connectivity index (χ0n) is 6.99. The molecule has 0 spiro atoms. The topological polar surface area (TPSA) is 26.3 Å². The summed E-state index contributed by atoms with van der Waals surface area (Å²) in [6, 6.07) is 9.23. The third-order valence-electron chi connectivity index (χ3n) is 1.26. The van der Waals surface area contributed by atoms with Crippen molar-refractivity contribution in [3.8, 4) is 5.75 Å². The second-order valence-electron chi connectivity index (χ2n) is 2.14. The van der Waals surface area contributed by atoms with Crippen molar-refractivity contribution in [3.63, 3.8) is 0 Å². The van der Waals surface area contributed by atoms with Gasteiger partial charge in [0.05, 0.1) is 0 Å². The molecule has 0 N–H and O–H groups in total. The average Bonchev–Trinajstić information content (AvgIpc) is 2.06. The molecule has 0 aliphatic heterocycles. The van der Waals surface area contributed by atoms with E-state index in [0.29, 0.717) is 11.9 Å². The van der Waals surface area contributed by atoms with Gasteiger partial charge in [-0.15, -0.1) is 0 Å². The first-order valence-corrected chi connectivity index (χ1v) is 5.11. The minimum absolute atomic E-state index is 0. The van der Waals surface area contributed by atoms with Crippen molar-refractivity contribution >= 4 is 8.03 Å². The van der Waals surface area contributed by atoms with Crippen molar-refractivity contribution in [3.05, 3.63) is 30.3 Å². The van der Waals surface area contributed by atoms with E-state index in [1.165, 1.54) is 0 Å². The van der Waals surface area contributed by atoms with Crippen LogP contribution in [0.5, 0.6) is 5.75 Å². The molecule has 12 heavy (non-hydrogen) atoms. The summed E-state index contributed by atoms with van der Waals surface area (Å²) in [5, 5.41) is 0. The second-order valence-corrected chi connectivity index (χ2v) is 3.80. The monoisotopic (exact) mass is 309 g/mol. The number of benzene rings is 1. The number of hydrogen-bond acceptors (Lipinski definition) is 2. The Bertz CT molecular complexity index is 238. The smallest absolute Gasteiger partial charge is 0.236 e. The third kappa shape index (κ3) is 4.47. The number of para-hydroxylation sites is 1. The molecule has 0 fully saturated rings. The Morgan fingerprint density at radius 2 is 1.92 bits per heavy atom. The molecule has 1 unspecified atom stereocenters. The van der Waals surface area contributed by atoms with Gasteiger partial charge in [0.25, 0.3) is 0 Å². The number of hydrogen-bond donors (Lipinski definition) is 0. The molecular weight excluding hydrogens is 298 g/mol. The molecule has 0 amide bonds. The summed E-state index contributed by atoms with van der Waals surface area (Å²) in [6.45, 7) is 1.85. The van der Waals surface area contributed by atoms with Crippen LogP contribution < -0.4 is 4.52 Å². The Morgan fingerprint density at radius 1 is 1.33 bits per heavy atom. The fourth-order valence-electron chi connectivity index (χ4n) is 0.692. The quantitative estimate of drug-likeness (QED) is 0.802. The fraction of sp³-hybridized carbons (Fsp3) is 0.250. The van der Waals surface area contributed by atoms with E-state index >= 15 is 0 Å². The van der Waals surface area contributed by atoms with Crippen LogP contribution >= 0.6 is 8.03 Å². The van der Waals surface area contributed by atoms with Gasteiger partial charge in [0.2, 0.25) is 8.03 Å². The Labute approximate surface area is 101 Å². The summed E-state index contributed by atoms with van der Waals surface area (Å²) >= 11 is 0. The molecule has 0 aliphatic rings. The predicted octanol–water partition coefficient (Wildman–Crippen LogP) is 2.56. The average molecular weight is 309 g/mol. The van der Waals surface area contributed by atoms with Gasteiger partial charge in [0, 0.05) is 41.8 Å². The fourth-order valence-corrected chi connectivity index (χ4v) is 1.24. The maximum atomic E-state index is 10.9. The summed E-state index contributed by atoms with van der Waals surface area (Å²) in [5.41, 5.74) is 0. The van der Waals surface area contributed by atoms with Crippen molar-refractivity contribution in [2.45, 2.75) is 6.92 Å². The van der Waals surface area contributed by atoms with Crippen LogP contribution in [0.25, 0.3) is 0 Å². The Morgan fingerprint density at radius 3 is 2.42 bits per heavy atom. The first-order valence-electron chi connectivity index (χ1n) is 3.58. The van der Waals surface area contributed by atoms with Crippen LogP contribution in [0.2, 0.25) is 0 Å². The summed E-state index contributed by atoms with van der Waals surface area (Å²) < 4.78 is 16.1. The molecule has 0 heterocycles. The zero-order valence-corrected chi connectivity index (χ0v) is 11.6. The van der Waals surface area contributed by atoms with E-state index in [1.807, 2.05) is 25.1 Å². The summed E-state index contributed by atoms with van der Waals surface area (Å²) in [4.78, 5) is 0. The normalized spacial score (nSPS) is 11.4. The van der Waals surface area contributed by atoms with Gasteiger partial charge in [-0.2, -0.15) is 0 Å². The van der Waals surface area contributed by atoms with Gasteiger partial charge in [-0.25, -0.2) is 0 Å². The second kappa shape index (κ2) is 6.91. The molecule has 0 saturated heterocycles. The third-order valence-corrected chi connectivity index (χ3v) is 2.30. The molecule has 1 rings (SSSR count). The summed E-state index contributed by atoms with van der Waals surface area (Å²) in [7, 11) is -1.83. The van der Waals surface area contributed by atoms with Crippen molar-refractivity contribution in [2.75, 3.05) is 6.16 Å². The Kier molecular flexibility index (Phi) is 7.16. The van der Waals surface area contributed by atoms with Crippen LogP contribution in [0.4, 0.5) is 0 Å². The maximum absolute atomic E-state index is 10.9. The number of rotatable bonds is 3. The van der Waals surface area contributed by atoms with E-state index < -0.39 is 8.03 Å². The molecule has 1 radical (unpaired) electrons. The van der Waals surface area contributed by atoms with Crippen LogP contribution in [0, 0.1) is 35.6 Å². The molecule has 4 heteroatoms. The van der Waals surface area contributed by atoms with E-state index in [0.717, 1.165) is 0 Å². The molecule has 0 saturated carbocycles. The van der Waals surface area contributed by atoms with Gasteiger partial charge in [0.1, 0.15) is 5.75 Å². The molecule has 1 aromatic carbocycles. The van der Waals surface area contributed by atoms with Crippen molar-refractivity contribution < 1.29 is 44.7 Å². The predicted molar refractivity (Wildman–Crippen MR) is 46.6 cm³/mol. The molecule has 0 aliphatic carbocycles. The Balaban J connectivity index is 0.00000121. The molecule has 0 bridgehead atoms. The van der Waals surface area contributed by atoms with E-state index in [2.05, 4.69) is 0 Å². The van der Waals surface area contributed by atoms with Crippen molar-refractivity contribution in [1.29, 1.82) is 0 Å². The minimum Gasteiger partial charge on any atom is -0.445 e. The molecule has 1 atom stereocenters. The molecule has 0 aromatic heterocycles. The van der Waals surface area contributed by atoms with Crippen LogP contribution in [0.3, 0.4) is 0 Å². The van der Waals surface area contributed by atoms with Crippen LogP contribution in [0.1, 0.15) is 6.92 Å². The van der Waals surface area contributed by atoms with Gasteiger partial charge in [-0.3, -0.25) is 4.57 Å². The van der Waals surface area contributed by atoms with Gasteiger partial charge in [0.15, 0.2) is 0 Å². The first kappa shape index (κ1) is 12.4. The van der Waals surface area contributed by atoms with Crippen molar-refractivity contribution in [2.24, 2.45) is 0 Å². The van der Waals surface area contributed by atoms with Crippen LogP contribution in [0.15, 0.2) is 30.3 Å². The van der Waals surface area contributed by atoms with Gasteiger partial charge in [-0.1, -0.05) is 25.1 Å². The molecule has 1 aromatic rings. The van der Waals surface area contributed by atoms with E-state index in [1.54, 1.807) is 12.1 Å². The molecule has 2 nitrogen and oxygen atoms in total. The first-order chi connectivity index (χ1) is 5.33. The van der Waals surface area contributed by atoms with Gasteiger partial charge < -0.3 is 4.52 Å². The maximum Gasteiger partial charge on any atom is 0.236 e. The molecule has 63 valence electrons. The summed E-state index contributed by atoms with van der Waals surface area (Å²) in [5.74, 6) is 0.693. The van der Waals surface area contributed by atoms with E-state index in [9.17, 15) is 4.57 Å². The standard InChI is InChI=1S/C8H11O2P.La/c1-2-11(9)10-8-6-4-3-5-7-8;/h3-7,11H,2H2,1H3;. The summed E-state index contributed by atoms with van der Waals surface area (Å²) in [6.07, 6.45) is 0.597. The largest absolute Gasteiger partial charge is 0.445 e. The van der Waals surface area contributed by atoms with E-state index in [4.69, 9.17) is 4.52 Å².